The molecule has 0 bridgehead atoms. The Morgan fingerprint density at radius 3 is 2.75 bits per heavy atom. The maximum Gasteiger partial charge on any atom is 0.374 e. The summed E-state index contributed by atoms with van der Waals surface area (Å²) in [5, 5.41) is 13.4. The number of carboxylic acid groups (broad SMARTS) is 1. The number of carboxylic acids is 1. The Bertz CT molecular complexity index is 641. The quantitative estimate of drug-likeness (QED) is 0.904. The number of anilines is 1. The van der Waals surface area contributed by atoms with Crippen molar-refractivity contribution in [2.45, 2.75) is 18.9 Å². The molecule has 0 unspecified atom stereocenters. The molecule has 20 heavy (non-hydrogen) atoms. The molecule has 1 aromatic heterocycles. The zero-order valence-corrected chi connectivity index (χ0v) is 11.7. The molecule has 0 radical (unpaired) electrons. The van der Waals surface area contributed by atoms with Crippen LogP contribution >= 0.6 is 11.8 Å². The molecule has 1 aliphatic heterocycles. The van der Waals surface area contributed by atoms with Gasteiger partial charge in [-0.1, -0.05) is 12.1 Å². The van der Waals surface area contributed by atoms with Gasteiger partial charge in [0.25, 0.3) is 0 Å². The average molecular weight is 289 g/mol. The monoisotopic (exact) mass is 289 g/mol. The first kappa shape index (κ1) is 13.2. The SMILES string of the molecule is O=C(O)c1nc(NC2CCSCC2)c2ccccc2n1. The van der Waals surface area contributed by atoms with Gasteiger partial charge in [0.2, 0.25) is 5.82 Å². The van der Waals surface area contributed by atoms with Crippen molar-refractivity contribution >= 4 is 34.5 Å². The number of aromatic nitrogens is 2. The fraction of sp³-hybridized carbons (Fsp3) is 0.357. The molecule has 3 rings (SSSR count). The molecule has 1 aromatic carbocycles. The van der Waals surface area contributed by atoms with Gasteiger partial charge in [-0.05, 0) is 36.5 Å². The van der Waals surface area contributed by atoms with Crippen LogP contribution in [0.25, 0.3) is 10.9 Å². The Balaban J connectivity index is 2.00. The number of hydrogen-bond acceptors (Lipinski definition) is 5. The van der Waals surface area contributed by atoms with E-state index in [0.29, 0.717) is 17.4 Å². The highest BCUT2D eigenvalue weighted by Crippen LogP contribution is 2.25. The van der Waals surface area contributed by atoms with Gasteiger partial charge in [0.15, 0.2) is 0 Å². The van der Waals surface area contributed by atoms with E-state index in [9.17, 15) is 4.79 Å². The van der Waals surface area contributed by atoms with Gasteiger partial charge in [0.1, 0.15) is 5.82 Å². The molecule has 5 nitrogen and oxygen atoms in total. The predicted molar refractivity (Wildman–Crippen MR) is 80.5 cm³/mol. The molecule has 104 valence electrons. The van der Waals surface area contributed by atoms with Crippen molar-refractivity contribution in [1.29, 1.82) is 0 Å². The number of nitrogens with zero attached hydrogens (tertiary/aromatic N) is 2. The number of benzene rings is 1. The number of nitrogens with one attached hydrogen (secondary N) is 1. The van der Waals surface area contributed by atoms with Crippen LogP contribution < -0.4 is 5.32 Å². The first-order chi connectivity index (χ1) is 9.74. The molecule has 6 heteroatoms. The van der Waals surface area contributed by atoms with E-state index in [4.69, 9.17) is 5.11 Å². The molecule has 2 heterocycles. The molecule has 0 saturated carbocycles. The summed E-state index contributed by atoms with van der Waals surface area (Å²) in [7, 11) is 0. The summed E-state index contributed by atoms with van der Waals surface area (Å²) >= 11 is 1.95. The highest BCUT2D eigenvalue weighted by Gasteiger charge is 2.17. The number of aromatic carboxylic acids is 1. The Morgan fingerprint density at radius 1 is 1.25 bits per heavy atom. The second-order valence-corrected chi connectivity index (χ2v) is 5.97. The van der Waals surface area contributed by atoms with Crippen LogP contribution in [0.15, 0.2) is 24.3 Å². The first-order valence-electron chi connectivity index (χ1n) is 6.58. The van der Waals surface area contributed by atoms with Gasteiger partial charge in [-0.25, -0.2) is 14.8 Å². The van der Waals surface area contributed by atoms with Gasteiger partial charge in [-0.3, -0.25) is 0 Å². The summed E-state index contributed by atoms with van der Waals surface area (Å²) in [5.41, 5.74) is 0.660. The van der Waals surface area contributed by atoms with Crippen LogP contribution in [0.4, 0.5) is 5.82 Å². The van der Waals surface area contributed by atoms with Crippen molar-refractivity contribution < 1.29 is 9.90 Å². The summed E-state index contributed by atoms with van der Waals surface area (Å²) < 4.78 is 0. The summed E-state index contributed by atoms with van der Waals surface area (Å²) in [6.07, 6.45) is 2.15. The zero-order chi connectivity index (χ0) is 13.9. The number of hydrogen-bond donors (Lipinski definition) is 2. The van der Waals surface area contributed by atoms with Gasteiger partial charge in [0.05, 0.1) is 5.52 Å². The molecular formula is C14H15N3O2S. The summed E-state index contributed by atoms with van der Waals surface area (Å²) in [4.78, 5) is 19.4. The smallest absolute Gasteiger partial charge is 0.374 e. The third kappa shape index (κ3) is 2.70. The number of para-hydroxylation sites is 1. The van der Waals surface area contributed by atoms with Gasteiger partial charge in [0, 0.05) is 11.4 Å². The molecule has 1 fully saturated rings. The molecule has 0 atom stereocenters. The molecule has 0 spiro atoms. The predicted octanol–water partition coefficient (Wildman–Crippen LogP) is 2.64. The Labute approximate surface area is 120 Å². The second-order valence-electron chi connectivity index (χ2n) is 4.75. The van der Waals surface area contributed by atoms with E-state index < -0.39 is 5.97 Å². The largest absolute Gasteiger partial charge is 0.475 e. The standard InChI is InChI=1S/C14H15N3O2S/c18-14(19)13-16-11-4-2-1-3-10(11)12(17-13)15-9-5-7-20-8-6-9/h1-4,9H,5-8H2,(H,18,19)(H,15,16,17). The van der Waals surface area contributed by atoms with Crippen molar-refractivity contribution in [3.8, 4) is 0 Å². The molecule has 1 saturated heterocycles. The Kier molecular flexibility index (Phi) is 3.73. The van der Waals surface area contributed by atoms with Crippen molar-refractivity contribution in [3.63, 3.8) is 0 Å². The minimum Gasteiger partial charge on any atom is -0.475 e. The lowest BCUT2D eigenvalue weighted by atomic mass is 10.1. The Hall–Kier alpha value is -1.82. The fourth-order valence-corrected chi connectivity index (χ4v) is 3.42. The van der Waals surface area contributed by atoms with Crippen LogP contribution in [0.1, 0.15) is 23.5 Å². The molecule has 2 aromatic rings. The third-order valence-electron chi connectivity index (χ3n) is 3.36. The summed E-state index contributed by atoms with van der Waals surface area (Å²) in [5.74, 6) is 1.64. The van der Waals surface area contributed by atoms with Crippen LogP contribution in [0.3, 0.4) is 0 Å². The van der Waals surface area contributed by atoms with Crippen LogP contribution in [-0.4, -0.2) is 38.6 Å². The highest BCUT2D eigenvalue weighted by atomic mass is 32.2. The highest BCUT2D eigenvalue weighted by molar-refractivity contribution is 7.99. The molecule has 0 aliphatic carbocycles. The molecule has 0 amide bonds. The van der Waals surface area contributed by atoms with Gasteiger partial charge < -0.3 is 10.4 Å². The number of thioether (sulfide) groups is 1. The van der Waals surface area contributed by atoms with Crippen molar-refractivity contribution in [3.05, 3.63) is 30.1 Å². The van der Waals surface area contributed by atoms with E-state index in [1.54, 1.807) is 0 Å². The van der Waals surface area contributed by atoms with E-state index in [1.807, 2.05) is 36.0 Å². The number of fused-ring (bicyclic) bond motifs is 1. The van der Waals surface area contributed by atoms with Crippen molar-refractivity contribution in [2.75, 3.05) is 16.8 Å². The zero-order valence-electron chi connectivity index (χ0n) is 10.9. The lowest BCUT2D eigenvalue weighted by Crippen LogP contribution is -2.25. The maximum atomic E-state index is 11.1. The molecule has 1 aliphatic rings. The normalized spacial score (nSPS) is 16.2. The van der Waals surface area contributed by atoms with E-state index in [-0.39, 0.29) is 5.82 Å². The molecule has 2 N–H and O–H groups in total. The summed E-state index contributed by atoms with van der Waals surface area (Å²) in [6.45, 7) is 0. The lowest BCUT2D eigenvalue weighted by molar-refractivity contribution is 0.0684. The lowest BCUT2D eigenvalue weighted by Gasteiger charge is -2.23. The van der Waals surface area contributed by atoms with Gasteiger partial charge in [-0.2, -0.15) is 11.8 Å². The first-order valence-corrected chi connectivity index (χ1v) is 7.74. The van der Waals surface area contributed by atoms with E-state index >= 15 is 0 Å². The van der Waals surface area contributed by atoms with Crippen molar-refractivity contribution in [2.24, 2.45) is 0 Å². The summed E-state index contributed by atoms with van der Waals surface area (Å²) in [6, 6.07) is 7.85. The van der Waals surface area contributed by atoms with E-state index in [1.165, 1.54) is 0 Å². The second kappa shape index (κ2) is 5.66. The Morgan fingerprint density at radius 2 is 2.00 bits per heavy atom. The average Bonchev–Trinajstić information content (AvgIpc) is 2.48. The molecular weight excluding hydrogens is 274 g/mol. The van der Waals surface area contributed by atoms with E-state index in [2.05, 4.69) is 15.3 Å². The van der Waals surface area contributed by atoms with Gasteiger partial charge >= 0.3 is 5.97 Å². The van der Waals surface area contributed by atoms with Gasteiger partial charge in [-0.15, -0.1) is 0 Å². The number of carbonyl (C=O) groups is 1. The maximum absolute atomic E-state index is 11.1. The minimum atomic E-state index is -1.10. The fourth-order valence-electron chi connectivity index (χ4n) is 2.32. The van der Waals surface area contributed by atoms with Crippen LogP contribution in [-0.2, 0) is 0 Å². The third-order valence-corrected chi connectivity index (χ3v) is 4.41. The van der Waals surface area contributed by atoms with Crippen LogP contribution in [0, 0.1) is 0 Å². The van der Waals surface area contributed by atoms with E-state index in [0.717, 1.165) is 29.7 Å². The van der Waals surface area contributed by atoms with Crippen LogP contribution in [0.5, 0.6) is 0 Å². The minimum absolute atomic E-state index is 0.156. The van der Waals surface area contributed by atoms with Crippen LogP contribution in [0.2, 0.25) is 0 Å². The number of rotatable bonds is 3. The topological polar surface area (TPSA) is 75.1 Å². The van der Waals surface area contributed by atoms with Crippen molar-refractivity contribution in [1.82, 2.24) is 9.97 Å².